The molecule has 1 heterocycles. The normalized spacial score (nSPS) is 13.3. The molecule has 0 radical (unpaired) electrons. The molecule has 1 atom stereocenters. The largest absolute Gasteiger partial charge is 0.355 e. The molecule has 0 bridgehead atoms. The first-order valence-corrected chi connectivity index (χ1v) is 7.53. The molecule has 1 aromatic heterocycles. The van der Waals surface area contributed by atoms with Gasteiger partial charge in [0.2, 0.25) is 16.0 Å². The lowest BCUT2D eigenvalue weighted by Crippen LogP contribution is -2.28. The van der Waals surface area contributed by atoms with E-state index in [2.05, 4.69) is 20.0 Å². The zero-order chi connectivity index (χ0) is 13.6. The molecule has 1 aromatic rings. The summed E-state index contributed by atoms with van der Waals surface area (Å²) in [6.45, 7) is 7.05. The minimum absolute atomic E-state index is 0.0902. The van der Waals surface area contributed by atoms with Crippen LogP contribution in [-0.4, -0.2) is 31.5 Å². The first-order valence-electron chi connectivity index (χ1n) is 6.05. The summed E-state index contributed by atoms with van der Waals surface area (Å²) >= 11 is 0. The number of nitrogens with zero attached hydrogens (tertiary/aromatic N) is 2. The standard InChI is InChI=1S/C11H20N4O2S/c1-4-9(3)6-15-18(16,17)10-7-13-11(12-5-2)14-8-10/h7-9,15H,4-6H2,1-3H3,(H,12,13,14). The highest BCUT2D eigenvalue weighted by molar-refractivity contribution is 7.89. The maximum atomic E-state index is 11.9. The Hall–Kier alpha value is -1.21. The molecule has 7 heteroatoms. The van der Waals surface area contributed by atoms with E-state index in [1.807, 2.05) is 20.8 Å². The number of hydrogen-bond donors (Lipinski definition) is 2. The van der Waals surface area contributed by atoms with E-state index in [4.69, 9.17) is 0 Å². The number of rotatable bonds is 7. The summed E-state index contributed by atoms with van der Waals surface area (Å²) in [5, 5.41) is 2.91. The van der Waals surface area contributed by atoms with Crippen molar-refractivity contribution < 1.29 is 8.42 Å². The average molecular weight is 272 g/mol. The molecule has 102 valence electrons. The van der Waals surface area contributed by atoms with Gasteiger partial charge in [0.1, 0.15) is 4.90 Å². The van der Waals surface area contributed by atoms with Gasteiger partial charge in [0.05, 0.1) is 12.4 Å². The van der Waals surface area contributed by atoms with Gasteiger partial charge in [0.15, 0.2) is 0 Å². The zero-order valence-electron chi connectivity index (χ0n) is 11.0. The molecule has 0 aromatic carbocycles. The molecule has 2 N–H and O–H groups in total. The molecule has 1 rings (SSSR count). The molecule has 0 saturated heterocycles. The summed E-state index contributed by atoms with van der Waals surface area (Å²) in [4.78, 5) is 7.97. The molecule has 0 saturated carbocycles. The summed E-state index contributed by atoms with van der Waals surface area (Å²) in [5.41, 5.74) is 0. The Morgan fingerprint density at radius 2 is 1.89 bits per heavy atom. The Kier molecular flexibility index (Phi) is 5.49. The van der Waals surface area contributed by atoms with Crippen LogP contribution >= 0.6 is 0 Å². The van der Waals surface area contributed by atoms with E-state index in [1.54, 1.807) is 0 Å². The smallest absolute Gasteiger partial charge is 0.243 e. The lowest BCUT2D eigenvalue weighted by molar-refractivity contribution is 0.528. The molecule has 6 nitrogen and oxygen atoms in total. The van der Waals surface area contributed by atoms with Crippen molar-refractivity contribution in [3.05, 3.63) is 12.4 Å². The number of nitrogens with one attached hydrogen (secondary N) is 2. The third-order valence-corrected chi connectivity index (χ3v) is 3.97. The number of sulfonamides is 1. The van der Waals surface area contributed by atoms with Gasteiger partial charge in [0.25, 0.3) is 0 Å². The van der Waals surface area contributed by atoms with Crippen LogP contribution in [0.1, 0.15) is 27.2 Å². The zero-order valence-corrected chi connectivity index (χ0v) is 11.8. The van der Waals surface area contributed by atoms with Crippen LogP contribution in [0.15, 0.2) is 17.3 Å². The fraction of sp³-hybridized carbons (Fsp3) is 0.636. The second-order valence-electron chi connectivity index (χ2n) is 4.14. The van der Waals surface area contributed by atoms with Crippen molar-refractivity contribution in [2.75, 3.05) is 18.4 Å². The van der Waals surface area contributed by atoms with Crippen LogP contribution in [0.4, 0.5) is 5.95 Å². The SMILES string of the molecule is CCNc1ncc(S(=O)(=O)NCC(C)CC)cn1. The van der Waals surface area contributed by atoms with Crippen LogP contribution in [0.5, 0.6) is 0 Å². The second kappa shape index (κ2) is 6.65. The molecule has 0 fully saturated rings. The third-order valence-electron chi connectivity index (χ3n) is 2.59. The molecular weight excluding hydrogens is 252 g/mol. The lowest BCUT2D eigenvalue weighted by Gasteiger charge is -2.10. The average Bonchev–Trinajstić information content (AvgIpc) is 2.37. The van der Waals surface area contributed by atoms with Crippen molar-refractivity contribution in [3.63, 3.8) is 0 Å². The van der Waals surface area contributed by atoms with E-state index in [1.165, 1.54) is 12.4 Å². The molecule has 0 amide bonds. The van der Waals surface area contributed by atoms with Crippen LogP contribution in [0.2, 0.25) is 0 Å². The minimum atomic E-state index is -3.50. The number of anilines is 1. The van der Waals surface area contributed by atoms with Crippen molar-refractivity contribution in [1.29, 1.82) is 0 Å². The highest BCUT2D eigenvalue weighted by Gasteiger charge is 2.15. The van der Waals surface area contributed by atoms with Gasteiger partial charge in [0, 0.05) is 13.1 Å². The minimum Gasteiger partial charge on any atom is -0.355 e. The van der Waals surface area contributed by atoms with Crippen LogP contribution in [0.25, 0.3) is 0 Å². The fourth-order valence-corrected chi connectivity index (χ4v) is 2.24. The molecule has 0 spiro atoms. The van der Waals surface area contributed by atoms with Crippen LogP contribution in [0, 0.1) is 5.92 Å². The maximum Gasteiger partial charge on any atom is 0.243 e. The first kappa shape index (κ1) is 14.8. The molecular formula is C11H20N4O2S. The van der Waals surface area contributed by atoms with Gasteiger partial charge >= 0.3 is 0 Å². The molecule has 1 unspecified atom stereocenters. The van der Waals surface area contributed by atoms with Crippen molar-refractivity contribution in [3.8, 4) is 0 Å². The van der Waals surface area contributed by atoms with Crippen molar-refractivity contribution in [2.24, 2.45) is 5.92 Å². The molecule has 0 aliphatic heterocycles. The summed E-state index contributed by atoms with van der Waals surface area (Å²) < 4.78 is 26.4. The Labute approximate surface area is 108 Å². The van der Waals surface area contributed by atoms with Crippen LogP contribution in [-0.2, 0) is 10.0 Å². The van der Waals surface area contributed by atoms with Gasteiger partial charge in [-0.3, -0.25) is 0 Å². The van der Waals surface area contributed by atoms with Crippen LogP contribution in [0.3, 0.4) is 0 Å². The van der Waals surface area contributed by atoms with E-state index >= 15 is 0 Å². The van der Waals surface area contributed by atoms with Gasteiger partial charge in [-0.05, 0) is 12.8 Å². The van der Waals surface area contributed by atoms with Crippen molar-refractivity contribution >= 4 is 16.0 Å². The molecule has 0 aliphatic carbocycles. The Morgan fingerprint density at radius 3 is 2.39 bits per heavy atom. The highest BCUT2D eigenvalue weighted by Crippen LogP contribution is 2.08. The van der Waals surface area contributed by atoms with Gasteiger partial charge in [-0.25, -0.2) is 23.1 Å². The Morgan fingerprint density at radius 1 is 1.28 bits per heavy atom. The van der Waals surface area contributed by atoms with Gasteiger partial charge in [-0.1, -0.05) is 20.3 Å². The molecule has 0 aliphatic rings. The summed E-state index contributed by atoms with van der Waals surface area (Å²) in [5.74, 6) is 0.736. The fourth-order valence-electron chi connectivity index (χ4n) is 1.18. The highest BCUT2D eigenvalue weighted by atomic mass is 32.2. The second-order valence-corrected chi connectivity index (χ2v) is 5.90. The van der Waals surface area contributed by atoms with E-state index in [0.717, 1.165) is 6.42 Å². The predicted octanol–water partition coefficient (Wildman–Crippen LogP) is 1.23. The Balaban J connectivity index is 2.72. The van der Waals surface area contributed by atoms with E-state index < -0.39 is 10.0 Å². The molecule has 18 heavy (non-hydrogen) atoms. The van der Waals surface area contributed by atoms with E-state index in [-0.39, 0.29) is 4.90 Å². The number of aromatic nitrogens is 2. The topological polar surface area (TPSA) is 84.0 Å². The van der Waals surface area contributed by atoms with Gasteiger partial charge in [-0.15, -0.1) is 0 Å². The first-order chi connectivity index (χ1) is 8.49. The monoisotopic (exact) mass is 272 g/mol. The quantitative estimate of drug-likeness (QED) is 0.780. The summed E-state index contributed by atoms with van der Waals surface area (Å²) in [6, 6.07) is 0. The maximum absolute atomic E-state index is 11.9. The van der Waals surface area contributed by atoms with Crippen LogP contribution < -0.4 is 10.0 Å². The summed E-state index contributed by atoms with van der Waals surface area (Å²) in [6.07, 6.45) is 3.55. The van der Waals surface area contributed by atoms with Gasteiger partial charge in [-0.2, -0.15) is 0 Å². The lowest BCUT2D eigenvalue weighted by atomic mass is 10.1. The van der Waals surface area contributed by atoms with Crippen molar-refractivity contribution in [2.45, 2.75) is 32.1 Å². The Bertz CT molecular complexity index is 458. The van der Waals surface area contributed by atoms with E-state index in [9.17, 15) is 8.42 Å². The summed E-state index contributed by atoms with van der Waals surface area (Å²) in [7, 11) is -3.50. The predicted molar refractivity (Wildman–Crippen MR) is 70.8 cm³/mol. The van der Waals surface area contributed by atoms with Gasteiger partial charge < -0.3 is 5.32 Å². The third kappa shape index (κ3) is 4.23. The van der Waals surface area contributed by atoms with E-state index in [0.29, 0.717) is 25.0 Å². The van der Waals surface area contributed by atoms with Crippen molar-refractivity contribution in [1.82, 2.24) is 14.7 Å². The number of hydrogen-bond acceptors (Lipinski definition) is 5.